The number of hydrogen-bond acceptors (Lipinski definition) is 5. The van der Waals surface area contributed by atoms with E-state index in [-0.39, 0.29) is 18.0 Å². The van der Waals surface area contributed by atoms with Crippen molar-refractivity contribution in [1.29, 1.82) is 0 Å². The van der Waals surface area contributed by atoms with Gasteiger partial charge in [-0.2, -0.15) is 13.8 Å². The average molecular weight is 283 g/mol. The number of rotatable bonds is 2. The first-order chi connectivity index (χ1) is 9.36. The number of carbonyl (C=O) groups is 1. The van der Waals surface area contributed by atoms with Crippen LogP contribution in [0.4, 0.5) is 20.5 Å². The molecule has 3 fully saturated rings. The molecule has 108 valence electrons. The van der Waals surface area contributed by atoms with Crippen molar-refractivity contribution in [3.63, 3.8) is 0 Å². The molecule has 8 heteroatoms. The first kappa shape index (κ1) is 13.0. The summed E-state index contributed by atoms with van der Waals surface area (Å²) in [5.41, 5.74) is 5.53. The molecule has 1 amide bonds. The minimum atomic E-state index is -3.31. The molecule has 1 aromatic rings. The molecule has 0 radical (unpaired) electrons. The molecule has 0 aliphatic carbocycles. The third kappa shape index (κ3) is 2.04. The van der Waals surface area contributed by atoms with Crippen LogP contribution < -0.4 is 10.6 Å². The predicted molar refractivity (Wildman–Crippen MR) is 68.3 cm³/mol. The zero-order valence-electron chi connectivity index (χ0n) is 11.0. The topological polar surface area (TPSA) is 75.4 Å². The molecule has 3 aliphatic rings. The molecule has 3 aliphatic heterocycles. The van der Waals surface area contributed by atoms with E-state index in [9.17, 15) is 13.6 Å². The Bertz CT molecular complexity index is 535. The maximum absolute atomic E-state index is 13.1. The van der Waals surface area contributed by atoms with Gasteiger partial charge in [0.15, 0.2) is 0 Å². The van der Waals surface area contributed by atoms with Crippen LogP contribution in [0.15, 0.2) is 12.3 Å². The number of carbonyl (C=O) groups excluding carboxylic acids is 1. The van der Waals surface area contributed by atoms with Crippen LogP contribution in [0.25, 0.3) is 0 Å². The molecule has 6 nitrogen and oxygen atoms in total. The van der Waals surface area contributed by atoms with Gasteiger partial charge in [0.05, 0.1) is 12.1 Å². The summed E-state index contributed by atoms with van der Waals surface area (Å²) >= 11 is 0. The lowest BCUT2D eigenvalue weighted by Gasteiger charge is -2.56. The molecule has 0 spiro atoms. The normalized spacial score (nSPS) is 25.4. The van der Waals surface area contributed by atoms with Crippen molar-refractivity contribution in [3.8, 4) is 0 Å². The number of nitrogens with two attached hydrogens (primary N) is 1. The van der Waals surface area contributed by atoms with Gasteiger partial charge >= 0.3 is 5.92 Å². The fourth-order valence-corrected chi connectivity index (χ4v) is 2.89. The standard InChI is InChI=1S/C12H15F2N5O/c1-12(13,14)10(20)19-7-4-8(19)6-18(5-7)9-2-3-16-11(15)17-9/h2-3,7-8H,4-6H2,1H3,(H2,15,16,17). The summed E-state index contributed by atoms with van der Waals surface area (Å²) < 4.78 is 26.3. The van der Waals surface area contributed by atoms with Crippen molar-refractivity contribution in [2.75, 3.05) is 23.7 Å². The summed E-state index contributed by atoms with van der Waals surface area (Å²) in [6.45, 7) is 1.63. The van der Waals surface area contributed by atoms with Crippen molar-refractivity contribution in [3.05, 3.63) is 12.3 Å². The molecule has 2 N–H and O–H groups in total. The Kier molecular flexibility index (Phi) is 2.77. The number of piperazine rings is 1. The number of alkyl halides is 2. The third-order valence-electron chi connectivity index (χ3n) is 3.79. The van der Waals surface area contributed by atoms with Gasteiger partial charge < -0.3 is 15.5 Å². The van der Waals surface area contributed by atoms with Gasteiger partial charge in [0.1, 0.15) is 5.82 Å². The molecular formula is C12H15F2N5O. The van der Waals surface area contributed by atoms with Gasteiger partial charge in [-0.05, 0) is 12.5 Å². The quantitative estimate of drug-likeness (QED) is 0.855. The minimum absolute atomic E-state index is 0.176. The Hall–Kier alpha value is -1.99. The number of nitrogens with zero attached hydrogens (tertiary/aromatic N) is 4. The summed E-state index contributed by atoms with van der Waals surface area (Å²) in [5, 5.41) is 0. The van der Waals surface area contributed by atoms with Crippen molar-refractivity contribution in [1.82, 2.24) is 14.9 Å². The number of fused-ring (bicyclic) bond motifs is 2. The number of anilines is 2. The molecule has 0 saturated carbocycles. The van der Waals surface area contributed by atoms with Gasteiger partial charge in [-0.15, -0.1) is 0 Å². The Labute approximate surface area is 114 Å². The number of amides is 1. The van der Waals surface area contributed by atoms with Crippen LogP contribution in [0.3, 0.4) is 0 Å². The second kappa shape index (κ2) is 4.26. The van der Waals surface area contributed by atoms with E-state index < -0.39 is 11.8 Å². The van der Waals surface area contributed by atoms with E-state index in [0.717, 1.165) is 6.42 Å². The van der Waals surface area contributed by atoms with Gasteiger partial charge in [-0.25, -0.2) is 4.98 Å². The molecule has 0 aromatic carbocycles. The van der Waals surface area contributed by atoms with Crippen molar-refractivity contribution < 1.29 is 13.6 Å². The molecule has 20 heavy (non-hydrogen) atoms. The van der Waals surface area contributed by atoms with Crippen LogP contribution in [0, 0.1) is 0 Å². The van der Waals surface area contributed by atoms with Crippen molar-refractivity contribution >= 4 is 17.7 Å². The van der Waals surface area contributed by atoms with E-state index in [4.69, 9.17) is 5.73 Å². The maximum atomic E-state index is 13.1. The highest BCUT2D eigenvalue weighted by molar-refractivity contribution is 5.84. The van der Waals surface area contributed by atoms with E-state index >= 15 is 0 Å². The van der Waals surface area contributed by atoms with E-state index in [2.05, 4.69) is 9.97 Å². The predicted octanol–water partition coefficient (Wildman–Crippen LogP) is 0.504. The van der Waals surface area contributed by atoms with Crippen LogP contribution in [-0.4, -0.2) is 51.9 Å². The number of hydrogen-bond donors (Lipinski definition) is 1. The Morgan fingerprint density at radius 3 is 2.65 bits per heavy atom. The van der Waals surface area contributed by atoms with E-state index in [1.807, 2.05) is 4.90 Å². The SMILES string of the molecule is CC(F)(F)C(=O)N1C2CC1CN(c1ccnc(N)n1)C2. The summed E-state index contributed by atoms with van der Waals surface area (Å²) in [5.74, 6) is -3.55. The lowest BCUT2D eigenvalue weighted by atomic mass is 9.86. The Morgan fingerprint density at radius 2 is 2.10 bits per heavy atom. The van der Waals surface area contributed by atoms with Crippen LogP contribution >= 0.6 is 0 Å². The Balaban J connectivity index is 1.72. The van der Waals surface area contributed by atoms with Gasteiger partial charge in [-0.1, -0.05) is 0 Å². The fourth-order valence-electron chi connectivity index (χ4n) is 2.89. The van der Waals surface area contributed by atoms with Gasteiger partial charge in [0.2, 0.25) is 5.95 Å². The van der Waals surface area contributed by atoms with Gasteiger partial charge in [0, 0.05) is 26.2 Å². The highest BCUT2D eigenvalue weighted by Crippen LogP contribution is 2.36. The van der Waals surface area contributed by atoms with Crippen LogP contribution in [0.5, 0.6) is 0 Å². The summed E-state index contributed by atoms with van der Waals surface area (Å²) in [6.07, 6.45) is 2.32. The molecular weight excluding hydrogens is 268 g/mol. The van der Waals surface area contributed by atoms with E-state index in [0.29, 0.717) is 25.8 Å². The number of aromatic nitrogens is 2. The van der Waals surface area contributed by atoms with Crippen LogP contribution in [-0.2, 0) is 4.79 Å². The van der Waals surface area contributed by atoms with E-state index in [1.165, 1.54) is 4.90 Å². The molecule has 2 atom stereocenters. The lowest BCUT2D eigenvalue weighted by Crippen LogP contribution is -2.72. The van der Waals surface area contributed by atoms with Crippen molar-refractivity contribution in [2.45, 2.75) is 31.4 Å². The molecule has 2 bridgehead atoms. The smallest absolute Gasteiger partial charge is 0.322 e. The summed E-state index contributed by atoms with van der Waals surface area (Å²) in [4.78, 5) is 22.9. The molecule has 2 unspecified atom stereocenters. The zero-order chi connectivity index (χ0) is 14.5. The molecule has 4 heterocycles. The summed E-state index contributed by atoms with van der Waals surface area (Å²) in [6, 6.07) is 1.37. The first-order valence-corrected chi connectivity index (χ1v) is 6.40. The van der Waals surface area contributed by atoms with E-state index in [1.54, 1.807) is 12.3 Å². The number of piperidine rings is 1. The summed E-state index contributed by atoms with van der Waals surface area (Å²) in [7, 11) is 0. The fraction of sp³-hybridized carbons (Fsp3) is 0.583. The molecule has 3 saturated heterocycles. The largest absolute Gasteiger partial charge is 0.368 e. The lowest BCUT2D eigenvalue weighted by molar-refractivity contribution is -0.170. The zero-order valence-corrected chi connectivity index (χ0v) is 11.0. The second-order valence-corrected chi connectivity index (χ2v) is 5.32. The van der Waals surface area contributed by atoms with Crippen LogP contribution in [0.1, 0.15) is 13.3 Å². The molecule has 4 rings (SSSR count). The van der Waals surface area contributed by atoms with Gasteiger partial charge in [0.25, 0.3) is 5.91 Å². The van der Waals surface area contributed by atoms with Crippen molar-refractivity contribution in [2.24, 2.45) is 0 Å². The minimum Gasteiger partial charge on any atom is -0.368 e. The van der Waals surface area contributed by atoms with Crippen LogP contribution in [0.2, 0.25) is 0 Å². The highest BCUT2D eigenvalue weighted by atomic mass is 19.3. The average Bonchev–Trinajstić information content (AvgIpc) is 2.37. The second-order valence-electron chi connectivity index (χ2n) is 5.32. The number of halogens is 2. The maximum Gasteiger partial charge on any atom is 0.322 e. The first-order valence-electron chi connectivity index (χ1n) is 6.40. The Morgan fingerprint density at radius 1 is 1.45 bits per heavy atom. The third-order valence-corrected chi connectivity index (χ3v) is 3.79. The molecule has 1 aromatic heterocycles. The monoisotopic (exact) mass is 283 g/mol. The highest BCUT2D eigenvalue weighted by Gasteiger charge is 2.52. The van der Waals surface area contributed by atoms with Gasteiger partial charge in [-0.3, -0.25) is 4.79 Å². The number of nitrogen functional groups attached to an aromatic ring is 1.